The van der Waals surface area contributed by atoms with Gasteiger partial charge in [0.15, 0.2) is 5.76 Å². The Bertz CT molecular complexity index is 1610. The lowest BCUT2D eigenvalue weighted by molar-refractivity contribution is -0.385. The number of nitrogens with zero attached hydrogens (tertiary/aromatic N) is 1. The van der Waals surface area contributed by atoms with E-state index < -0.39 is 20.7 Å². The number of rotatable bonds is 9. The number of nitro benzene ring substituents is 1. The van der Waals surface area contributed by atoms with E-state index in [0.717, 1.165) is 0 Å². The molecule has 1 aromatic heterocycles. The highest BCUT2D eigenvalue weighted by atomic mass is 35.5. The maximum atomic E-state index is 13.1. The first-order valence-corrected chi connectivity index (χ1v) is 12.9. The third-order valence-corrected chi connectivity index (χ3v) is 7.44. The van der Waals surface area contributed by atoms with E-state index in [2.05, 4.69) is 5.32 Å². The van der Waals surface area contributed by atoms with Crippen LogP contribution in [0.3, 0.4) is 0 Å². The minimum Gasteiger partial charge on any atom is -0.497 e. The minimum atomic E-state index is -3.92. The lowest BCUT2D eigenvalue weighted by atomic mass is 10.2. The number of hydrogen-bond acceptors (Lipinski definition) is 8. The van der Waals surface area contributed by atoms with Crippen LogP contribution in [0.1, 0.15) is 21.9 Å². The number of ether oxygens (including phenoxy) is 2. The van der Waals surface area contributed by atoms with Crippen molar-refractivity contribution in [3.63, 3.8) is 0 Å². The Hall–Kier alpha value is -4.35. The monoisotopic (exact) mass is 556 g/mol. The maximum Gasteiger partial charge on any atom is 0.291 e. The van der Waals surface area contributed by atoms with Crippen LogP contribution in [0, 0.1) is 17.0 Å². The molecule has 0 unspecified atom stereocenters. The summed E-state index contributed by atoms with van der Waals surface area (Å²) >= 11 is 5.87. The molecule has 4 aromatic rings. The summed E-state index contributed by atoms with van der Waals surface area (Å²) in [6.07, 6.45) is 0. The standard InChI is InChI=1S/C26H21ClN2O8S/c1-16-11-19(5-9-24(16)29(31)32)36-15-20-6-10-25(37-20)26(30)28-18-12-21(35-2)14-23(13-18)38(33,34)22-7-3-17(27)4-8-22/h3-14H,15H2,1-2H3,(H,28,30). The number of amides is 1. The van der Waals surface area contributed by atoms with Crippen LogP contribution in [0.25, 0.3) is 0 Å². The molecule has 4 rings (SSSR count). The van der Waals surface area contributed by atoms with Crippen molar-refractivity contribution in [1.82, 2.24) is 0 Å². The van der Waals surface area contributed by atoms with Gasteiger partial charge in [0.2, 0.25) is 9.84 Å². The molecule has 1 heterocycles. The van der Waals surface area contributed by atoms with Gasteiger partial charge in [-0.3, -0.25) is 14.9 Å². The second kappa shape index (κ2) is 11.0. The van der Waals surface area contributed by atoms with Gasteiger partial charge >= 0.3 is 0 Å². The first kappa shape index (κ1) is 26.7. The van der Waals surface area contributed by atoms with E-state index in [0.29, 0.717) is 22.1 Å². The molecule has 0 spiro atoms. The molecular weight excluding hydrogens is 536 g/mol. The van der Waals surface area contributed by atoms with Crippen LogP contribution < -0.4 is 14.8 Å². The Morgan fingerprint density at radius 2 is 1.74 bits per heavy atom. The molecule has 3 aromatic carbocycles. The van der Waals surface area contributed by atoms with Gasteiger partial charge in [-0.2, -0.15) is 0 Å². The zero-order chi connectivity index (χ0) is 27.4. The van der Waals surface area contributed by atoms with Crippen molar-refractivity contribution >= 4 is 38.7 Å². The number of furan rings is 1. The number of carbonyl (C=O) groups excluding carboxylic acids is 1. The van der Waals surface area contributed by atoms with Crippen molar-refractivity contribution in [3.8, 4) is 11.5 Å². The number of hydrogen-bond donors (Lipinski definition) is 1. The highest BCUT2D eigenvalue weighted by molar-refractivity contribution is 7.91. The van der Waals surface area contributed by atoms with Gasteiger partial charge in [0.1, 0.15) is 23.9 Å². The number of nitro groups is 1. The number of halogens is 1. The molecule has 1 amide bonds. The summed E-state index contributed by atoms with van der Waals surface area (Å²) < 4.78 is 42.6. The first-order valence-electron chi connectivity index (χ1n) is 11.0. The van der Waals surface area contributed by atoms with Gasteiger partial charge in [-0.25, -0.2) is 8.42 Å². The third kappa shape index (κ3) is 5.96. The number of nitrogens with one attached hydrogen (secondary N) is 1. The number of aryl methyl sites for hydroxylation is 1. The number of methoxy groups -OCH3 is 1. The van der Waals surface area contributed by atoms with Crippen molar-refractivity contribution in [1.29, 1.82) is 0 Å². The van der Waals surface area contributed by atoms with Gasteiger partial charge < -0.3 is 19.2 Å². The zero-order valence-electron chi connectivity index (χ0n) is 20.1. The van der Waals surface area contributed by atoms with Gasteiger partial charge in [0.25, 0.3) is 11.6 Å². The van der Waals surface area contributed by atoms with Crippen molar-refractivity contribution in [2.75, 3.05) is 12.4 Å². The Kier molecular flexibility index (Phi) is 7.70. The fourth-order valence-electron chi connectivity index (χ4n) is 3.51. The average Bonchev–Trinajstić information content (AvgIpc) is 3.36. The van der Waals surface area contributed by atoms with Gasteiger partial charge in [-0.15, -0.1) is 0 Å². The summed E-state index contributed by atoms with van der Waals surface area (Å²) in [6.45, 7) is 1.58. The molecule has 10 nitrogen and oxygen atoms in total. The minimum absolute atomic E-state index is 0.0176. The molecule has 0 saturated carbocycles. The van der Waals surface area contributed by atoms with Gasteiger partial charge in [0, 0.05) is 28.4 Å². The second-order valence-electron chi connectivity index (χ2n) is 8.07. The maximum absolute atomic E-state index is 13.1. The third-order valence-electron chi connectivity index (χ3n) is 5.44. The molecule has 38 heavy (non-hydrogen) atoms. The lowest BCUT2D eigenvalue weighted by Crippen LogP contribution is -2.12. The molecule has 0 fully saturated rings. The van der Waals surface area contributed by atoms with E-state index in [1.165, 1.54) is 73.8 Å². The molecule has 0 radical (unpaired) electrons. The molecule has 0 atom stereocenters. The van der Waals surface area contributed by atoms with Gasteiger partial charge in [0.05, 0.1) is 21.8 Å². The molecular formula is C26H21ClN2O8S. The van der Waals surface area contributed by atoms with Crippen LogP contribution in [0.5, 0.6) is 11.5 Å². The molecule has 12 heteroatoms. The van der Waals surface area contributed by atoms with E-state index in [1.54, 1.807) is 13.0 Å². The van der Waals surface area contributed by atoms with Crippen LogP contribution in [-0.4, -0.2) is 26.4 Å². The fourth-order valence-corrected chi connectivity index (χ4v) is 4.96. The van der Waals surface area contributed by atoms with Crippen molar-refractivity contribution in [3.05, 3.63) is 105 Å². The summed E-state index contributed by atoms with van der Waals surface area (Å²) in [6, 6.07) is 17.2. The van der Waals surface area contributed by atoms with Gasteiger partial charge in [-0.1, -0.05) is 11.6 Å². The smallest absolute Gasteiger partial charge is 0.291 e. The molecule has 0 aliphatic rings. The molecule has 196 valence electrons. The first-order chi connectivity index (χ1) is 18.1. The Balaban J connectivity index is 1.48. The molecule has 0 aliphatic carbocycles. The number of anilines is 1. The van der Waals surface area contributed by atoms with Crippen LogP contribution in [0.4, 0.5) is 11.4 Å². The predicted octanol–water partition coefficient (Wildman–Crippen LogP) is 5.82. The Labute approximate surface area is 222 Å². The van der Waals surface area contributed by atoms with Crippen LogP contribution >= 0.6 is 11.6 Å². The summed E-state index contributed by atoms with van der Waals surface area (Å²) in [7, 11) is -2.54. The zero-order valence-corrected chi connectivity index (χ0v) is 21.7. The van der Waals surface area contributed by atoms with Crippen molar-refractivity contribution in [2.24, 2.45) is 0 Å². The van der Waals surface area contributed by atoms with Crippen molar-refractivity contribution in [2.45, 2.75) is 23.3 Å². The molecule has 1 N–H and O–H groups in total. The van der Waals surface area contributed by atoms with Crippen LogP contribution in [0.15, 0.2) is 87.0 Å². The van der Waals surface area contributed by atoms with E-state index in [-0.39, 0.29) is 39.3 Å². The van der Waals surface area contributed by atoms with E-state index in [4.69, 9.17) is 25.5 Å². The lowest BCUT2D eigenvalue weighted by Gasteiger charge is -2.11. The highest BCUT2D eigenvalue weighted by Gasteiger charge is 2.21. The Morgan fingerprint density at radius 1 is 1.00 bits per heavy atom. The SMILES string of the molecule is COc1cc(NC(=O)c2ccc(COc3ccc([N+](=O)[O-])c(C)c3)o2)cc(S(=O)(=O)c2ccc(Cl)cc2)c1. The predicted molar refractivity (Wildman–Crippen MR) is 139 cm³/mol. The number of benzene rings is 3. The second-order valence-corrected chi connectivity index (χ2v) is 10.5. The van der Waals surface area contributed by atoms with E-state index in [1.807, 2.05) is 0 Å². The van der Waals surface area contributed by atoms with Crippen LogP contribution in [0.2, 0.25) is 5.02 Å². The quantitative estimate of drug-likeness (QED) is 0.201. The summed E-state index contributed by atoms with van der Waals surface area (Å²) in [5.74, 6) is 0.310. The molecule has 0 aliphatic heterocycles. The molecule has 0 bridgehead atoms. The summed E-state index contributed by atoms with van der Waals surface area (Å²) in [4.78, 5) is 23.2. The van der Waals surface area contributed by atoms with Crippen LogP contribution in [-0.2, 0) is 16.4 Å². The molecule has 0 saturated heterocycles. The normalized spacial score (nSPS) is 11.1. The van der Waals surface area contributed by atoms with E-state index >= 15 is 0 Å². The number of sulfone groups is 1. The fraction of sp³-hybridized carbons (Fsp3) is 0.115. The number of carbonyl (C=O) groups is 1. The summed E-state index contributed by atoms with van der Waals surface area (Å²) in [5.41, 5.74) is 0.608. The Morgan fingerprint density at radius 3 is 2.39 bits per heavy atom. The largest absolute Gasteiger partial charge is 0.497 e. The van der Waals surface area contributed by atoms with Gasteiger partial charge in [-0.05, 0) is 67.6 Å². The summed E-state index contributed by atoms with van der Waals surface area (Å²) in [5, 5.41) is 14.0. The topological polar surface area (TPSA) is 138 Å². The average molecular weight is 557 g/mol. The van der Waals surface area contributed by atoms with E-state index in [9.17, 15) is 23.3 Å². The van der Waals surface area contributed by atoms with Crippen molar-refractivity contribution < 1.29 is 32.0 Å². The highest BCUT2D eigenvalue weighted by Crippen LogP contribution is 2.30.